The lowest BCUT2D eigenvalue weighted by atomic mass is 10.2. The van der Waals surface area contributed by atoms with Crippen molar-refractivity contribution >= 4 is 28.4 Å². The Morgan fingerprint density at radius 3 is 2.62 bits per heavy atom. The second-order valence-corrected chi connectivity index (χ2v) is 7.79. The van der Waals surface area contributed by atoms with Gasteiger partial charge in [0.1, 0.15) is 23.1 Å². The van der Waals surface area contributed by atoms with Crippen molar-refractivity contribution in [3.05, 3.63) is 48.7 Å². The Morgan fingerprint density at radius 1 is 1.03 bits per heavy atom. The molecule has 11 heteroatoms. The molecule has 0 aliphatic rings. The number of rotatable bonds is 10. The Morgan fingerprint density at radius 2 is 1.85 bits per heavy atom. The van der Waals surface area contributed by atoms with Gasteiger partial charge < -0.3 is 25.0 Å². The van der Waals surface area contributed by atoms with Gasteiger partial charge in [0.25, 0.3) is 5.88 Å². The second-order valence-electron chi connectivity index (χ2n) is 7.79. The minimum absolute atomic E-state index is 0.341. The Bertz CT molecular complexity index is 1280. The first-order valence-corrected chi connectivity index (χ1v) is 10.7. The number of methoxy groups -OCH3 is 2. The van der Waals surface area contributed by atoms with Gasteiger partial charge in [-0.1, -0.05) is 0 Å². The highest BCUT2D eigenvalue weighted by Crippen LogP contribution is 2.32. The van der Waals surface area contributed by atoms with Crippen molar-refractivity contribution in [2.75, 3.05) is 52.0 Å². The fourth-order valence-corrected chi connectivity index (χ4v) is 3.51. The van der Waals surface area contributed by atoms with E-state index in [0.717, 1.165) is 24.9 Å². The lowest BCUT2D eigenvalue weighted by Gasteiger charge is -2.11. The zero-order valence-electron chi connectivity index (χ0n) is 19.5. The minimum atomic E-state index is -0.392. The normalized spacial score (nSPS) is 11.1. The van der Waals surface area contributed by atoms with Crippen LogP contribution in [0.5, 0.6) is 11.6 Å². The molecule has 0 bridgehead atoms. The maximum Gasteiger partial charge on any atom is 0.257 e. The lowest BCUT2D eigenvalue weighted by molar-refractivity contribution is 0.398. The van der Waals surface area contributed by atoms with Gasteiger partial charge in [0.05, 0.1) is 25.1 Å². The standard InChI is InChI=1S/C23H27FN8O2/c1-31(2)11-5-8-25-21-16-14-28-20(29-22-23(34-4)27-10-9-26-22)13-17(16)32(30-21)18-12-15(24)6-7-19(18)33-3/h6-7,9-10,12-14H,5,8,11H2,1-4H3,(H,25,30)(H,26,28,29). The van der Waals surface area contributed by atoms with E-state index in [1.165, 1.54) is 26.4 Å². The highest BCUT2D eigenvalue weighted by Gasteiger charge is 2.17. The fourth-order valence-electron chi connectivity index (χ4n) is 3.51. The number of benzene rings is 1. The van der Waals surface area contributed by atoms with Gasteiger partial charge in [-0.25, -0.2) is 24.0 Å². The van der Waals surface area contributed by atoms with Gasteiger partial charge in [-0.3, -0.25) is 0 Å². The Balaban J connectivity index is 1.77. The van der Waals surface area contributed by atoms with Crippen molar-refractivity contribution in [2.24, 2.45) is 0 Å². The van der Waals surface area contributed by atoms with E-state index >= 15 is 0 Å². The summed E-state index contributed by atoms with van der Waals surface area (Å²) in [6.45, 7) is 1.66. The van der Waals surface area contributed by atoms with E-state index in [4.69, 9.17) is 14.6 Å². The molecule has 0 aliphatic heterocycles. The van der Waals surface area contributed by atoms with Gasteiger partial charge in [0.15, 0.2) is 11.6 Å². The summed E-state index contributed by atoms with van der Waals surface area (Å²) in [4.78, 5) is 15.1. The summed E-state index contributed by atoms with van der Waals surface area (Å²) in [6, 6.07) is 6.13. The molecule has 4 aromatic rings. The topological polar surface area (TPSA) is 102 Å². The third-order valence-electron chi connectivity index (χ3n) is 5.11. The fraction of sp³-hybridized carbons (Fsp3) is 0.304. The lowest BCUT2D eigenvalue weighted by Crippen LogP contribution is -2.16. The maximum absolute atomic E-state index is 14.2. The summed E-state index contributed by atoms with van der Waals surface area (Å²) in [5.41, 5.74) is 1.18. The number of fused-ring (bicyclic) bond motifs is 1. The van der Waals surface area contributed by atoms with Crippen LogP contribution in [0.3, 0.4) is 0 Å². The molecule has 0 unspecified atom stereocenters. The van der Waals surface area contributed by atoms with Gasteiger partial charge in [0, 0.05) is 37.3 Å². The number of nitrogens with zero attached hydrogens (tertiary/aromatic N) is 6. The van der Waals surface area contributed by atoms with Crippen LogP contribution in [0.4, 0.5) is 21.8 Å². The molecule has 10 nitrogen and oxygen atoms in total. The van der Waals surface area contributed by atoms with Crippen LogP contribution in [0.2, 0.25) is 0 Å². The van der Waals surface area contributed by atoms with Crippen LogP contribution in [-0.4, -0.2) is 71.0 Å². The Kier molecular flexibility index (Phi) is 7.02. The van der Waals surface area contributed by atoms with Crippen LogP contribution >= 0.6 is 0 Å². The molecule has 3 heterocycles. The summed E-state index contributed by atoms with van der Waals surface area (Å²) < 4.78 is 26.6. The van der Waals surface area contributed by atoms with E-state index in [-0.39, 0.29) is 0 Å². The Hall–Kier alpha value is -3.99. The van der Waals surface area contributed by atoms with Gasteiger partial charge in [-0.2, -0.15) is 0 Å². The Labute approximate surface area is 196 Å². The van der Waals surface area contributed by atoms with Crippen molar-refractivity contribution in [1.29, 1.82) is 0 Å². The number of halogens is 1. The molecule has 1 aromatic carbocycles. The molecule has 4 rings (SSSR count). The van der Waals surface area contributed by atoms with Crippen molar-refractivity contribution < 1.29 is 13.9 Å². The predicted octanol–water partition coefficient (Wildman–Crippen LogP) is 3.47. The minimum Gasteiger partial charge on any atom is -0.494 e. The van der Waals surface area contributed by atoms with E-state index in [9.17, 15) is 4.39 Å². The van der Waals surface area contributed by atoms with Crippen molar-refractivity contribution in [3.63, 3.8) is 0 Å². The summed E-state index contributed by atoms with van der Waals surface area (Å²) in [5, 5.41) is 12.0. The number of ether oxygens (including phenoxy) is 2. The molecule has 2 N–H and O–H groups in total. The summed E-state index contributed by atoms with van der Waals surface area (Å²) in [6.07, 6.45) is 5.75. The molecule has 0 spiro atoms. The monoisotopic (exact) mass is 466 g/mol. The summed E-state index contributed by atoms with van der Waals surface area (Å²) >= 11 is 0. The van der Waals surface area contributed by atoms with Gasteiger partial charge in [-0.05, 0) is 39.2 Å². The molecule has 0 radical (unpaired) electrons. The second kappa shape index (κ2) is 10.3. The summed E-state index contributed by atoms with van der Waals surface area (Å²) in [5.74, 6) is 2.02. The first-order valence-electron chi connectivity index (χ1n) is 10.7. The molecular weight excluding hydrogens is 439 g/mol. The van der Waals surface area contributed by atoms with Crippen molar-refractivity contribution in [1.82, 2.24) is 29.6 Å². The molecule has 0 aliphatic carbocycles. The number of hydrogen-bond acceptors (Lipinski definition) is 9. The molecule has 34 heavy (non-hydrogen) atoms. The first-order chi connectivity index (χ1) is 16.5. The number of nitrogens with one attached hydrogen (secondary N) is 2. The quantitative estimate of drug-likeness (QED) is 0.340. The largest absolute Gasteiger partial charge is 0.494 e. The van der Waals surface area contributed by atoms with Crippen molar-refractivity contribution in [3.8, 4) is 17.3 Å². The number of hydrogen-bond donors (Lipinski definition) is 2. The molecule has 0 saturated heterocycles. The third kappa shape index (κ3) is 4.99. The van der Waals surface area contributed by atoms with Crippen LogP contribution < -0.4 is 20.1 Å². The van der Waals surface area contributed by atoms with E-state index in [2.05, 4.69) is 30.5 Å². The smallest absolute Gasteiger partial charge is 0.257 e. The van der Waals surface area contributed by atoms with Gasteiger partial charge in [-0.15, -0.1) is 5.10 Å². The van der Waals surface area contributed by atoms with Gasteiger partial charge >= 0.3 is 0 Å². The highest BCUT2D eigenvalue weighted by molar-refractivity contribution is 5.92. The zero-order chi connectivity index (χ0) is 24.1. The van der Waals surface area contributed by atoms with Crippen LogP contribution in [-0.2, 0) is 0 Å². The van der Waals surface area contributed by atoms with Crippen LogP contribution in [0.15, 0.2) is 42.9 Å². The number of anilines is 3. The van der Waals surface area contributed by atoms with Crippen molar-refractivity contribution in [2.45, 2.75) is 6.42 Å². The van der Waals surface area contributed by atoms with Crippen LogP contribution in [0, 0.1) is 5.82 Å². The maximum atomic E-state index is 14.2. The molecular formula is C23H27FN8O2. The molecule has 0 saturated carbocycles. The number of pyridine rings is 1. The first kappa shape index (κ1) is 23.2. The molecule has 3 aromatic heterocycles. The molecule has 0 atom stereocenters. The van der Waals surface area contributed by atoms with E-state index < -0.39 is 5.82 Å². The van der Waals surface area contributed by atoms with E-state index in [0.29, 0.717) is 40.3 Å². The average Bonchev–Trinajstić information content (AvgIpc) is 3.19. The SMILES string of the molecule is COc1ccc(F)cc1-n1nc(NCCCN(C)C)c2cnc(Nc3nccnc3OC)cc21. The molecule has 178 valence electrons. The van der Waals surface area contributed by atoms with E-state index in [1.54, 1.807) is 29.3 Å². The van der Waals surface area contributed by atoms with E-state index in [1.807, 2.05) is 20.2 Å². The van der Waals surface area contributed by atoms with Crippen LogP contribution in [0.1, 0.15) is 6.42 Å². The molecule has 0 fully saturated rings. The zero-order valence-corrected chi connectivity index (χ0v) is 19.5. The summed E-state index contributed by atoms with van der Waals surface area (Å²) in [7, 11) is 7.12. The predicted molar refractivity (Wildman–Crippen MR) is 129 cm³/mol. The average molecular weight is 467 g/mol. The highest BCUT2D eigenvalue weighted by atomic mass is 19.1. The number of aromatic nitrogens is 5. The van der Waals surface area contributed by atoms with Gasteiger partial charge in [0.2, 0.25) is 0 Å². The van der Waals surface area contributed by atoms with Crippen LogP contribution in [0.25, 0.3) is 16.6 Å². The molecule has 0 amide bonds. The third-order valence-corrected chi connectivity index (χ3v) is 5.11.